The second kappa shape index (κ2) is 10.4. The maximum Gasteiger partial charge on any atom is 0.339 e. The van der Waals surface area contributed by atoms with E-state index in [2.05, 4.69) is 31.1 Å². The third kappa shape index (κ3) is 6.01. The molecule has 0 saturated heterocycles. The Morgan fingerprint density at radius 2 is 2.00 bits per heavy atom. The Balaban J connectivity index is 1.74. The number of thiazole rings is 1. The van der Waals surface area contributed by atoms with Gasteiger partial charge in [0.15, 0.2) is 5.13 Å². The number of halogens is 1. The first kappa shape index (κ1) is 25.2. The summed E-state index contributed by atoms with van der Waals surface area (Å²) in [6, 6.07) is 11.1. The molecule has 0 amide bonds. The Hall–Kier alpha value is -2.94. The lowest BCUT2D eigenvalue weighted by atomic mass is 9.90. The molecule has 0 saturated carbocycles. The summed E-state index contributed by atoms with van der Waals surface area (Å²) in [4.78, 5) is 23.3. The smallest absolute Gasteiger partial charge is 0.339 e. The molecular formula is C26H26ClN3O3S2. The van der Waals surface area contributed by atoms with Crippen LogP contribution in [0.3, 0.4) is 0 Å². The van der Waals surface area contributed by atoms with Crippen molar-refractivity contribution in [1.82, 2.24) is 9.97 Å². The average molecular weight is 528 g/mol. The van der Waals surface area contributed by atoms with Crippen molar-refractivity contribution < 1.29 is 14.6 Å². The van der Waals surface area contributed by atoms with E-state index in [0.717, 1.165) is 33.0 Å². The standard InChI is InChI=1S/C26H26ClN3O3S2/c1-5-33-19-12-15(8-9-18(19)27)22-21(13-26(2,3)4)35-25(29-22)30-23-17(24(31)32)11-16(14-28-23)20-7-6-10-34-20/h6-12,14H,5,13H2,1-4H3,(H,31,32)(H,28,29,30). The highest BCUT2D eigenvalue weighted by Gasteiger charge is 2.22. The molecule has 182 valence electrons. The summed E-state index contributed by atoms with van der Waals surface area (Å²) in [5, 5.41) is 16.1. The molecule has 4 aromatic rings. The van der Waals surface area contributed by atoms with Gasteiger partial charge in [0.2, 0.25) is 0 Å². The Morgan fingerprint density at radius 3 is 2.66 bits per heavy atom. The van der Waals surface area contributed by atoms with Crippen LogP contribution in [0.4, 0.5) is 10.9 Å². The number of nitrogens with zero attached hydrogens (tertiary/aromatic N) is 2. The normalized spacial score (nSPS) is 11.5. The van der Waals surface area contributed by atoms with E-state index in [1.165, 1.54) is 22.7 Å². The summed E-state index contributed by atoms with van der Waals surface area (Å²) in [6.45, 7) is 8.93. The van der Waals surface area contributed by atoms with Crippen LogP contribution in [0.15, 0.2) is 48.0 Å². The van der Waals surface area contributed by atoms with Gasteiger partial charge in [-0.3, -0.25) is 0 Å². The third-order valence-corrected chi connectivity index (χ3v) is 7.24. The molecule has 0 radical (unpaired) electrons. The number of hydrogen-bond acceptors (Lipinski definition) is 7. The van der Waals surface area contributed by atoms with Gasteiger partial charge in [0, 0.05) is 27.1 Å². The molecule has 0 atom stereocenters. The summed E-state index contributed by atoms with van der Waals surface area (Å²) in [5.41, 5.74) is 2.59. The second-order valence-electron chi connectivity index (χ2n) is 9.13. The fraction of sp³-hybridized carbons (Fsp3) is 0.269. The van der Waals surface area contributed by atoms with Gasteiger partial charge in [0.25, 0.3) is 0 Å². The highest BCUT2D eigenvalue weighted by Crippen LogP contribution is 2.39. The number of anilines is 2. The predicted octanol–water partition coefficient (Wildman–Crippen LogP) is 8.02. The minimum atomic E-state index is -1.05. The zero-order valence-corrected chi connectivity index (χ0v) is 22.3. The molecule has 0 unspecified atom stereocenters. The van der Waals surface area contributed by atoms with E-state index in [1.54, 1.807) is 12.3 Å². The predicted molar refractivity (Wildman–Crippen MR) is 145 cm³/mol. The van der Waals surface area contributed by atoms with E-state index in [0.29, 0.717) is 22.5 Å². The van der Waals surface area contributed by atoms with Crippen molar-refractivity contribution in [2.75, 3.05) is 11.9 Å². The molecule has 0 aliphatic carbocycles. The number of carboxylic acids is 1. The van der Waals surface area contributed by atoms with Crippen LogP contribution in [-0.2, 0) is 6.42 Å². The van der Waals surface area contributed by atoms with E-state index in [-0.39, 0.29) is 16.8 Å². The van der Waals surface area contributed by atoms with E-state index >= 15 is 0 Å². The highest BCUT2D eigenvalue weighted by molar-refractivity contribution is 7.16. The maximum absolute atomic E-state index is 12.0. The topological polar surface area (TPSA) is 84.3 Å². The molecule has 0 aliphatic rings. The van der Waals surface area contributed by atoms with Crippen LogP contribution in [0.5, 0.6) is 5.75 Å². The summed E-state index contributed by atoms with van der Waals surface area (Å²) in [5.74, 6) is -0.189. The summed E-state index contributed by atoms with van der Waals surface area (Å²) >= 11 is 9.33. The molecule has 0 aliphatic heterocycles. The molecule has 0 bridgehead atoms. The Bertz CT molecular complexity index is 1340. The van der Waals surface area contributed by atoms with Crippen LogP contribution in [-0.4, -0.2) is 27.7 Å². The Morgan fingerprint density at radius 1 is 1.20 bits per heavy atom. The first-order chi connectivity index (χ1) is 16.6. The largest absolute Gasteiger partial charge is 0.492 e. The van der Waals surface area contributed by atoms with Crippen LogP contribution in [0.2, 0.25) is 5.02 Å². The third-order valence-electron chi connectivity index (χ3n) is 5.04. The Labute approximate surface area is 217 Å². The van der Waals surface area contributed by atoms with Gasteiger partial charge in [-0.05, 0) is 48.4 Å². The van der Waals surface area contributed by atoms with Crippen LogP contribution in [0.25, 0.3) is 21.7 Å². The van der Waals surface area contributed by atoms with Gasteiger partial charge in [-0.2, -0.15) is 0 Å². The van der Waals surface area contributed by atoms with Gasteiger partial charge in [0.05, 0.1) is 17.3 Å². The summed E-state index contributed by atoms with van der Waals surface area (Å²) in [6.07, 6.45) is 2.48. The summed E-state index contributed by atoms with van der Waals surface area (Å²) in [7, 11) is 0. The van der Waals surface area contributed by atoms with E-state index in [4.69, 9.17) is 21.3 Å². The minimum absolute atomic E-state index is 0.0283. The Kier molecular flexibility index (Phi) is 7.44. The van der Waals surface area contributed by atoms with Crippen molar-refractivity contribution in [2.45, 2.75) is 34.1 Å². The van der Waals surface area contributed by atoms with E-state index in [9.17, 15) is 9.90 Å². The van der Waals surface area contributed by atoms with Gasteiger partial charge in [0.1, 0.15) is 17.1 Å². The van der Waals surface area contributed by atoms with Crippen molar-refractivity contribution in [2.24, 2.45) is 5.41 Å². The molecule has 3 heterocycles. The number of aromatic carboxylic acids is 1. The molecule has 3 aromatic heterocycles. The molecule has 35 heavy (non-hydrogen) atoms. The van der Waals surface area contributed by atoms with Crippen LogP contribution >= 0.6 is 34.3 Å². The highest BCUT2D eigenvalue weighted by atomic mass is 35.5. The molecular weight excluding hydrogens is 502 g/mol. The first-order valence-corrected chi connectivity index (χ1v) is 13.2. The van der Waals surface area contributed by atoms with Gasteiger partial charge in [-0.15, -0.1) is 22.7 Å². The monoisotopic (exact) mass is 527 g/mol. The fourth-order valence-electron chi connectivity index (χ4n) is 3.56. The molecule has 0 fully saturated rings. The van der Waals surface area contributed by atoms with Crippen molar-refractivity contribution in [1.29, 1.82) is 0 Å². The van der Waals surface area contributed by atoms with Crippen molar-refractivity contribution in [3.05, 3.63) is 63.4 Å². The molecule has 1 aromatic carbocycles. The zero-order valence-electron chi connectivity index (χ0n) is 19.9. The lowest BCUT2D eigenvalue weighted by molar-refractivity contribution is 0.0697. The minimum Gasteiger partial charge on any atom is -0.492 e. The van der Waals surface area contributed by atoms with Crippen molar-refractivity contribution in [3.8, 4) is 27.4 Å². The number of thiophene rings is 1. The lowest BCUT2D eigenvalue weighted by Crippen LogP contribution is -2.08. The first-order valence-electron chi connectivity index (χ1n) is 11.1. The van der Waals surface area contributed by atoms with Crippen molar-refractivity contribution >= 4 is 51.2 Å². The van der Waals surface area contributed by atoms with Crippen LogP contribution in [0.1, 0.15) is 42.9 Å². The number of aromatic nitrogens is 2. The number of carbonyl (C=O) groups is 1. The molecule has 6 nitrogen and oxygen atoms in total. The average Bonchev–Trinajstić information content (AvgIpc) is 3.45. The van der Waals surface area contributed by atoms with Gasteiger partial charge in [-0.1, -0.05) is 44.5 Å². The zero-order chi connectivity index (χ0) is 25.2. The molecule has 4 rings (SSSR count). The van der Waals surface area contributed by atoms with Crippen LogP contribution < -0.4 is 10.1 Å². The van der Waals surface area contributed by atoms with Crippen molar-refractivity contribution in [3.63, 3.8) is 0 Å². The van der Waals surface area contributed by atoms with Crippen LogP contribution in [0, 0.1) is 5.41 Å². The quantitative estimate of drug-likeness (QED) is 0.241. The maximum atomic E-state index is 12.0. The SMILES string of the molecule is CCOc1cc(-c2nc(Nc3ncc(-c4cccs4)cc3C(=O)O)sc2CC(C)(C)C)ccc1Cl. The number of hydrogen-bond donors (Lipinski definition) is 2. The second-order valence-corrected chi connectivity index (χ2v) is 11.6. The number of carboxylic acid groups (broad SMARTS) is 1. The molecule has 9 heteroatoms. The molecule has 0 spiro atoms. The number of pyridine rings is 1. The van der Waals surface area contributed by atoms with Gasteiger partial charge >= 0.3 is 5.97 Å². The molecule has 2 N–H and O–H groups in total. The van der Waals surface area contributed by atoms with E-state index in [1.807, 2.05) is 42.6 Å². The van der Waals surface area contributed by atoms with Gasteiger partial charge < -0.3 is 15.2 Å². The summed E-state index contributed by atoms with van der Waals surface area (Å²) < 4.78 is 5.68. The number of rotatable bonds is 8. The lowest BCUT2D eigenvalue weighted by Gasteiger charge is -2.17. The number of nitrogens with one attached hydrogen (secondary N) is 1. The van der Waals surface area contributed by atoms with Gasteiger partial charge in [-0.25, -0.2) is 14.8 Å². The fourth-order valence-corrected chi connectivity index (χ4v) is 5.72. The number of ether oxygens (including phenoxy) is 1. The number of benzene rings is 1. The van der Waals surface area contributed by atoms with E-state index < -0.39 is 5.97 Å².